The topological polar surface area (TPSA) is 92.4 Å². The number of nitrogens with one attached hydrogen (secondary N) is 1. The summed E-state index contributed by atoms with van der Waals surface area (Å²) in [4.78, 5) is 12.3. The zero-order chi connectivity index (χ0) is 23.2. The van der Waals surface area contributed by atoms with Gasteiger partial charge >= 0.3 is 0 Å². The van der Waals surface area contributed by atoms with Crippen LogP contribution in [0.1, 0.15) is 11.1 Å². The van der Waals surface area contributed by atoms with Crippen LogP contribution in [0.2, 0.25) is 5.02 Å². The van der Waals surface area contributed by atoms with Crippen LogP contribution in [0.15, 0.2) is 83.1 Å². The number of rotatable bonds is 7. The average Bonchev–Trinajstić information content (AvgIpc) is 3.23. The van der Waals surface area contributed by atoms with E-state index in [1.54, 1.807) is 36.4 Å². The molecule has 0 aliphatic heterocycles. The van der Waals surface area contributed by atoms with Crippen molar-refractivity contribution in [3.8, 4) is 22.8 Å². The van der Waals surface area contributed by atoms with Crippen molar-refractivity contribution >= 4 is 35.5 Å². The number of carbonyl (C=O) groups excluding carboxylic acids is 1. The fourth-order valence-corrected chi connectivity index (χ4v) is 3.89. The molecule has 9 heteroatoms. The van der Waals surface area contributed by atoms with Gasteiger partial charge in [-0.15, -0.1) is 10.2 Å². The van der Waals surface area contributed by atoms with Gasteiger partial charge in [0, 0.05) is 16.3 Å². The predicted molar refractivity (Wildman–Crippen MR) is 131 cm³/mol. The van der Waals surface area contributed by atoms with E-state index in [0.29, 0.717) is 21.6 Å². The fraction of sp³-hybridized carbons (Fsp3) is 0.0833. The summed E-state index contributed by atoms with van der Waals surface area (Å²) < 4.78 is 1.91. The lowest BCUT2D eigenvalue weighted by Crippen LogP contribution is -2.20. The third-order valence-electron chi connectivity index (χ3n) is 4.63. The monoisotopic (exact) mass is 477 g/mol. The van der Waals surface area contributed by atoms with Crippen LogP contribution < -0.4 is 5.43 Å². The van der Waals surface area contributed by atoms with Gasteiger partial charge in [0.25, 0.3) is 5.91 Å². The molecular formula is C24H20ClN5O2S. The smallest absolute Gasteiger partial charge is 0.250 e. The SMILES string of the molecule is Cc1ccc(-n2c(SCC(=O)N/N=C/c3cccc(O)c3)nnc2-c2ccc(Cl)cc2)cc1. The second-order valence-electron chi connectivity index (χ2n) is 7.16. The van der Waals surface area contributed by atoms with Crippen molar-refractivity contribution in [1.29, 1.82) is 0 Å². The molecule has 0 aliphatic carbocycles. The maximum Gasteiger partial charge on any atom is 0.250 e. The molecule has 0 saturated carbocycles. The van der Waals surface area contributed by atoms with Gasteiger partial charge in [0.1, 0.15) is 5.75 Å². The van der Waals surface area contributed by atoms with Crippen LogP contribution in [-0.2, 0) is 4.79 Å². The molecule has 0 radical (unpaired) electrons. The molecule has 0 fully saturated rings. The molecule has 0 aliphatic rings. The first-order valence-electron chi connectivity index (χ1n) is 10.0. The number of halogens is 1. The second kappa shape index (κ2) is 10.3. The second-order valence-corrected chi connectivity index (χ2v) is 8.54. The molecule has 4 aromatic rings. The Bertz CT molecular complexity index is 1290. The Hall–Kier alpha value is -3.62. The van der Waals surface area contributed by atoms with E-state index in [2.05, 4.69) is 20.7 Å². The molecule has 1 amide bonds. The van der Waals surface area contributed by atoms with E-state index in [-0.39, 0.29) is 17.4 Å². The van der Waals surface area contributed by atoms with Gasteiger partial charge in [-0.05, 0) is 61.0 Å². The van der Waals surface area contributed by atoms with Crippen molar-refractivity contribution in [3.05, 3.63) is 88.9 Å². The molecule has 0 spiro atoms. The van der Waals surface area contributed by atoms with Crippen molar-refractivity contribution < 1.29 is 9.90 Å². The van der Waals surface area contributed by atoms with E-state index in [9.17, 15) is 9.90 Å². The summed E-state index contributed by atoms with van der Waals surface area (Å²) in [5.41, 5.74) is 6.05. The molecule has 0 bridgehead atoms. The lowest BCUT2D eigenvalue weighted by molar-refractivity contribution is -0.118. The van der Waals surface area contributed by atoms with E-state index < -0.39 is 0 Å². The van der Waals surface area contributed by atoms with Crippen LogP contribution in [0.25, 0.3) is 17.1 Å². The minimum absolute atomic E-state index is 0.0992. The number of nitrogens with zero attached hydrogens (tertiary/aromatic N) is 4. The molecule has 1 heterocycles. The normalized spacial score (nSPS) is 11.1. The van der Waals surface area contributed by atoms with Crippen LogP contribution in [0.3, 0.4) is 0 Å². The number of thioether (sulfide) groups is 1. The van der Waals surface area contributed by atoms with Gasteiger partial charge in [0.15, 0.2) is 11.0 Å². The van der Waals surface area contributed by atoms with E-state index in [1.165, 1.54) is 18.0 Å². The lowest BCUT2D eigenvalue weighted by atomic mass is 10.2. The molecule has 4 rings (SSSR count). The maximum atomic E-state index is 12.3. The summed E-state index contributed by atoms with van der Waals surface area (Å²) in [7, 11) is 0. The summed E-state index contributed by atoms with van der Waals surface area (Å²) in [5.74, 6) is 0.595. The van der Waals surface area contributed by atoms with Crippen LogP contribution in [0.4, 0.5) is 0 Å². The Labute approximate surface area is 200 Å². The Kier molecular flexibility index (Phi) is 7.07. The minimum atomic E-state index is -0.289. The molecule has 7 nitrogen and oxygen atoms in total. The van der Waals surface area contributed by atoms with Gasteiger partial charge in [-0.1, -0.05) is 53.2 Å². The molecule has 0 atom stereocenters. The quantitative estimate of drug-likeness (QED) is 0.225. The van der Waals surface area contributed by atoms with Gasteiger partial charge in [0.2, 0.25) is 0 Å². The number of aromatic nitrogens is 3. The number of hydrazone groups is 1. The van der Waals surface area contributed by atoms with Gasteiger partial charge < -0.3 is 5.11 Å². The Morgan fingerprint density at radius 3 is 2.61 bits per heavy atom. The molecular weight excluding hydrogens is 458 g/mol. The number of phenols is 1. The van der Waals surface area contributed by atoms with Crippen molar-refractivity contribution in [3.63, 3.8) is 0 Å². The summed E-state index contributed by atoms with van der Waals surface area (Å²) in [6.07, 6.45) is 1.47. The first-order chi connectivity index (χ1) is 16.0. The molecule has 166 valence electrons. The lowest BCUT2D eigenvalue weighted by Gasteiger charge is -2.10. The molecule has 1 aromatic heterocycles. The Balaban J connectivity index is 1.51. The highest BCUT2D eigenvalue weighted by Crippen LogP contribution is 2.28. The first kappa shape index (κ1) is 22.6. The molecule has 3 aromatic carbocycles. The number of aromatic hydroxyl groups is 1. The Morgan fingerprint density at radius 1 is 1.12 bits per heavy atom. The van der Waals surface area contributed by atoms with Crippen LogP contribution in [0, 0.1) is 6.92 Å². The zero-order valence-corrected chi connectivity index (χ0v) is 19.2. The average molecular weight is 478 g/mol. The van der Waals surface area contributed by atoms with Gasteiger partial charge in [0.05, 0.1) is 12.0 Å². The van der Waals surface area contributed by atoms with E-state index in [1.807, 2.05) is 47.9 Å². The number of hydrogen-bond acceptors (Lipinski definition) is 6. The standard InChI is InChI=1S/C24H20ClN5O2S/c1-16-5-11-20(12-6-16)30-23(18-7-9-19(25)10-8-18)28-29-24(30)33-15-22(32)27-26-14-17-3-2-4-21(31)13-17/h2-14,31H,15H2,1H3,(H,27,32)/b26-14+. The number of hydrogen-bond donors (Lipinski definition) is 2. The Morgan fingerprint density at radius 2 is 1.88 bits per heavy atom. The van der Waals surface area contributed by atoms with Gasteiger partial charge in [-0.3, -0.25) is 9.36 Å². The van der Waals surface area contributed by atoms with Crippen molar-refractivity contribution in [2.75, 3.05) is 5.75 Å². The highest BCUT2D eigenvalue weighted by atomic mass is 35.5. The summed E-state index contributed by atoms with van der Waals surface area (Å²) in [6.45, 7) is 2.02. The fourth-order valence-electron chi connectivity index (χ4n) is 3.02. The van der Waals surface area contributed by atoms with E-state index >= 15 is 0 Å². The number of aryl methyl sites for hydroxylation is 1. The van der Waals surface area contributed by atoms with Gasteiger partial charge in [-0.25, -0.2) is 5.43 Å². The molecule has 2 N–H and O–H groups in total. The predicted octanol–water partition coefficient (Wildman–Crippen LogP) is 4.84. The molecule has 0 saturated heterocycles. The van der Waals surface area contributed by atoms with E-state index in [0.717, 1.165) is 16.8 Å². The van der Waals surface area contributed by atoms with Crippen LogP contribution in [0.5, 0.6) is 5.75 Å². The first-order valence-corrected chi connectivity index (χ1v) is 11.4. The summed E-state index contributed by atoms with van der Waals surface area (Å²) in [6, 6.07) is 22.0. The van der Waals surface area contributed by atoms with Crippen molar-refractivity contribution in [2.24, 2.45) is 5.10 Å². The summed E-state index contributed by atoms with van der Waals surface area (Å²) in [5, 5.41) is 23.3. The maximum absolute atomic E-state index is 12.3. The van der Waals surface area contributed by atoms with Crippen LogP contribution in [-0.4, -0.2) is 37.7 Å². The number of amides is 1. The zero-order valence-electron chi connectivity index (χ0n) is 17.6. The van der Waals surface area contributed by atoms with E-state index in [4.69, 9.17) is 11.6 Å². The highest BCUT2D eigenvalue weighted by molar-refractivity contribution is 7.99. The largest absolute Gasteiger partial charge is 0.508 e. The third-order valence-corrected chi connectivity index (χ3v) is 5.81. The summed E-state index contributed by atoms with van der Waals surface area (Å²) >= 11 is 7.30. The van der Waals surface area contributed by atoms with Crippen molar-refractivity contribution in [2.45, 2.75) is 12.1 Å². The third kappa shape index (κ3) is 5.79. The van der Waals surface area contributed by atoms with Gasteiger partial charge in [-0.2, -0.15) is 5.10 Å². The van der Waals surface area contributed by atoms with Crippen molar-refractivity contribution in [1.82, 2.24) is 20.2 Å². The number of benzene rings is 3. The number of carbonyl (C=O) groups is 1. The van der Waals surface area contributed by atoms with Crippen LogP contribution >= 0.6 is 23.4 Å². The minimum Gasteiger partial charge on any atom is -0.508 e. The molecule has 0 unspecified atom stereocenters. The number of phenolic OH excluding ortho intramolecular Hbond substituents is 1. The highest BCUT2D eigenvalue weighted by Gasteiger charge is 2.17. The molecule has 33 heavy (non-hydrogen) atoms.